The Morgan fingerprint density at radius 2 is 1.93 bits per heavy atom. The number of hydrogen-bond donors (Lipinski definition) is 0. The number of nitrogens with zero attached hydrogens (tertiary/aromatic N) is 1. The lowest BCUT2D eigenvalue weighted by Crippen LogP contribution is -2.28. The van der Waals surface area contributed by atoms with E-state index in [1.54, 1.807) is 0 Å². The Kier molecular flexibility index (Phi) is 6.89. The summed E-state index contributed by atoms with van der Waals surface area (Å²) in [5.41, 5.74) is 0.475. The van der Waals surface area contributed by atoms with Crippen molar-refractivity contribution in [1.29, 1.82) is 0 Å². The van der Waals surface area contributed by atoms with Gasteiger partial charge in [-0.05, 0) is 19.8 Å². The van der Waals surface area contributed by atoms with Crippen LogP contribution in [-0.2, 0) is 9.53 Å². The standard InChI is InChI=1S/C11H21NO2/c1-5-8-12(7-3)10(4)11(13)14-9-6-2/h4-9H2,1-3H3. The molecule has 0 saturated heterocycles. The van der Waals surface area contributed by atoms with E-state index in [1.165, 1.54) is 0 Å². The molecule has 0 aliphatic heterocycles. The van der Waals surface area contributed by atoms with Crippen LogP contribution in [0.1, 0.15) is 33.6 Å². The van der Waals surface area contributed by atoms with Gasteiger partial charge in [-0.2, -0.15) is 0 Å². The van der Waals surface area contributed by atoms with Crippen LogP contribution in [0.4, 0.5) is 0 Å². The van der Waals surface area contributed by atoms with Gasteiger partial charge in [-0.15, -0.1) is 0 Å². The molecule has 14 heavy (non-hydrogen) atoms. The summed E-state index contributed by atoms with van der Waals surface area (Å²) in [7, 11) is 0. The minimum atomic E-state index is -0.290. The summed E-state index contributed by atoms with van der Waals surface area (Å²) in [5, 5.41) is 0. The number of carbonyl (C=O) groups excluding carboxylic acids is 1. The van der Waals surface area contributed by atoms with Gasteiger partial charge in [0.15, 0.2) is 0 Å². The highest BCUT2D eigenvalue weighted by atomic mass is 16.5. The third-order valence-electron chi connectivity index (χ3n) is 1.93. The van der Waals surface area contributed by atoms with Crippen LogP contribution in [0, 0.1) is 0 Å². The second-order valence-corrected chi connectivity index (χ2v) is 3.16. The highest BCUT2D eigenvalue weighted by Gasteiger charge is 2.13. The number of ether oxygens (including phenoxy) is 1. The summed E-state index contributed by atoms with van der Waals surface area (Å²) in [6.45, 7) is 11.9. The Morgan fingerprint density at radius 1 is 1.29 bits per heavy atom. The Bertz CT molecular complexity index is 190. The highest BCUT2D eigenvalue weighted by Crippen LogP contribution is 2.05. The van der Waals surface area contributed by atoms with Crippen molar-refractivity contribution in [1.82, 2.24) is 4.90 Å². The largest absolute Gasteiger partial charge is 0.461 e. The molecule has 3 heteroatoms. The van der Waals surface area contributed by atoms with Crippen LogP contribution in [0.5, 0.6) is 0 Å². The van der Waals surface area contributed by atoms with Crippen LogP contribution in [0.3, 0.4) is 0 Å². The SMILES string of the molecule is C=C(C(=O)OCCC)N(CC)CCC. The average molecular weight is 199 g/mol. The Labute approximate surface area is 86.7 Å². The number of esters is 1. The van der Waals surface area contributed by atoms with Gasteiger partial charge >= 0.3 is 5.97 Å². The molecule has 0 aromatic carbocycles. The molecule has 0 atom stereocenters. The van der Waals surface area contributed by atoms with Crippen molar-refractivity contribution in [2.75, 3.05) is 19.7 Å². The molecule has 0 aliphatic rings. The monoisotopic (exact) mass is 199 g/mol. The first-order chi connectivity index (χ1) is 6.67. The van der Waals surface area contributed by atoms with Gasteiger partial charge in [-0.1, -0.05) is 20.4 Å². The fourth-order valence-corrected chi connectivity index (χ4v) is 1.16. The summed E-state index contributed by atoms with van der Waals surface area (Å²) >= 11 is 0. The Hall–Kier alpha value is -0.990. The summed E-state index contributed by atoms with van der Waals surface area (Å²) in [6.07, 6.45) is 1.85. The maximum absolute atomic E-state index is 11.4. The van der Waals surface area contributed by atoms with E-state index in [0.717, 1.165) is 25.9 Å². The Morgan fingerprint density at radius 3 is 2.36 bits per heavy atom. The predicted molar refractivity (Wildman–Crippen MR) is 57.9 cm³/mol. The van der Waals surface area contributed by atoms with Gasteiger partial charge < -0.3 is 9.64 Å². The van der Waals surface area contributed by atoms with Gasteiger partial charge in [0, 0.05) is 13.1 Å². The first kappa shape index (κ1) is 13.0. The molecule has 0 aromatic heterocycles. The van der Waals surface area contributed by atoms with E-state index >= 15 is 0 Å². The lowest BCUT2D eigenvalue weighted by atomic mass is 10.3. The fourth-order valence-electron chi connectivity index (χ4n) is 1.16. The number of carbonyl (C=O) groups is 1. The summed E-state index contributed by atoms with van der Waals surface area (Å²) in [4.78, 5) is 13.4. The summed E-state index contributed by atoms with van der Waals surface area (Å²) < 4.78 is 5.00. The van der Waals surface area contributed by atoms with Gasteiger partial charge in [0.1, 0.15) is 5.70 Å². The van der Waals surface area contributed by atoms with Crippen LogP contribution < -0.4 is 0 Å². The molecule has 3 nitrogen and oxygen atoms in total. The molecule has 0 saturated carbocycles. The van der Waals surface area contributed by atoms with Gasteiger partial charge in [-0.25, -0.2) is 4.79 Å². The third-order valence-corrected chi connectivity index (χ3v) is 1.93. The van der Waals surface area contributed by atoms with Crippen molar-refractivity contribution in [2.24, 2.45) is 0 Å². The molecule has 0 heterocycles. The average Bonchev–Trinajstić information content (AvgIpc) is 2.21. The number of rotatable bonds is 7. The molecule has 0 amide bonds. The topological polar surface area (TPSA) is 29.5 Å². The van der Waals surface area contributed by atoms with E-state index in [0.29, 0.717) is 12.3 Å². The lowest BCUT2D eigenvalue weighted by Gasteiger charge is -2.22. The normalized spacial score (nSPS) is 9.64. The molecule has 0 spiro atoms. The first-order valence-electron chi connectivity index (χ1n) is 5.28. The van der Waals surface area contributed by atoms with Crippen molar-refractivity contribution >= 4 is 5.97 Å². The molecule has 0 bridgehead atoms. The zero-order valence-electron chi connectivity index (χ0n) is 9.51. The number of hydrogen-bond acceptors (Lipinski definition) is 3. The molecule has 0 unspecified atom stereocenters. The van der Waals surface area contributed by atoms with E-state index in [-0.39, 0.29) is 5.97 Å². The van der Waals surface area contributed by atoms with E-state index in [2.05, 4.69) is 13.5 Å². The smallest absolute Gasteiger partial charge is 0.353 e. The van der Waals surface area contributed by atoms with Crippen molar-refractivity contribution in [2.45, 2.75) is 33.6 Å². The number of likely N-dealkylation sites (N-methyl/N-ethyl adjacent to an activating group) is 1. The second-order valence-electron chi connectivity index (χ2n) is 3.16. The van der Waals surface area contributed by atoms with Gasteiger partial charge in [0.25, 0.3) is 0 Å². The molecule has 0 N–H and O–H groups in total. The summed E-state index contributed by atoms with van der Waals surface area (Å²) in [6, 6.07) is 0. The van der Waals surface area contributed by atoms with Crippen LogP contribution in [0.15, 0.2) is 12.3 Å². The molecular formula is C11H21NO2. The molecule has 82 valence electrons. The second kappa shape index (κ2) is 7.42. The Balaban J connectivity index is 4.06. The predicted octanol–water partition coefficient (Wildman–Crippen LogP) is 2.19. The maximum Gasteiger partial charge on any atom is 0.353 e. The quantitative estimate of drug-likeness (QED) is 0.465. The van der Waals surface area contributed by atoms with Crippen LogP contribution in [0.25, 0.3) is 0 Å². The molecular weight excluding hydrogens is 178 g/mol. The lowest BCUT2D eigenvalue weighted by molar-refractivity contribution is -0.140. The van der Waals surface area contributed by atoms with Crippen molar-refractivity contribution in [3.8, 4) is 0 Å². The molecule has 0 radical (unpaired) electrons. The van der Waals surface area contributed by atoms with Crippen LogP contribution in [-0.4, -0.2) is 30.6 Å². The maximum atomic E-state index is 11.4. The van der Waals surface area contributed by atoms with Gasteiger partial charge in [0.05, 0.1) is 6.61 Å². The highest BCUT2D eigenvalue weighted by molar-refractivity contribution is 5.87. The molecule has 0 aromatic rings. The van der Waals surface area contributed by atoms with E-state index in [4.69, 9.17) is 4.74 Å². The first-order valence-corrected chi connectivity index (χ1v) is 5.28. The molecule has 0 rings (SSSR count). The van der Waals surface area contributed by atoms with Gasteiger partial charge in [-0.3, -0.25) is 0 Å². The van der Waals surface area contributed by atoms with E-state index in [9.17, 15) is 4.79 Å². The van der Waals surface area contributed by atoms with E-state index in [1.807, 2.05) is 18.7 Å². The third kappa shape index (κ3) is 4.30. The zero-order valence-corrected chi connectivity index (χ0v) is 9.51. The molecule has 0 aliphatic carbocycles. The molecule has 0 fully saturated rings. The summed E-state index contributed by atoms with van der Waals surface area (Å²) in [5.74, 6) is -0.290. The minimum absolute atomic E-state index is 0.290. The minimum Gasteiger partial charge on any atom is -0.461 e. The van der Waals surface area contributed by atoms with Crippen molar-refractivity contribution in [3.63, 3.8) is 0 Å². The zero-order chi connectivity index (χ0) is 11.0. The van der Waals surface area contributed by atoms with Crippen LogP contribution in [0.2, 0.25) is 0 Å². The fraction of sp³-hybridized carbons (Fsp3) is 0.727. The van der Waals surface area contributed by atoms with Crippen LogP contribution >= 0.6 is 0 Å². The van der Waals surface area contributed by atoms with Gasteiger partial charge in [0.2, 0.25) is 0 Å². The van der Waals surface area contributed by atoms with Crippen molar-refractivity contribution < 1.29 is 9.53 Å². The van der Waals surface area contributed by atoms with E-state index < -0.39 is 0 Å². The van der Waals surface area contributed by atoms with Crippen molar-refractivity contribution in [3.05, 3.63) is 12.3 Å².